The van der Waals surface area contributed by atoms with Crippen LogP contribution in [-0.2, 0) is 11.2 Å². The Morgan fingerprint density at radius 1 is 1.47 bits per heavy atom. The van der Waals surface area contributed by atoms with Crippen LogP contribution in [0.1, 0.15) is 25.3 Å². The SMILES string of the molecule is CCCC(=O)C(Br)Cc1ccc(OC)c(Br)c1. The number of ether oxygens (including phenoxy) is 1. The molecule has 1 aromatic rings. The highest BCUT2D eigenvalue weighted by Gasteiger charge is 2.14. The van der Waals surface area contributed by atoms with Crippen LogP contribution < -0.4 is 4.74 Å². The summed E-state index contributed by atoms with van der Waals surface area (Å²) >= 11 is 6.88. The van der Waals surface area contributed by atoms with E-state index in [9.17, 15) is 4.79 Å². The quantitative estimate of drug-likeness (QED) is 0.710. The largest absolute Gasteiger partial charge is 0.496 e. The zero-order valence-corrected chi connectivity index (χ0v) is 13.2. The van der Waals surface area contributed by atoms with Gasteiger partial charge in [0, 0.05) is 6.42 Å². The Bertz CT molecular complexity index is 391. The van der Waals surface area contributed by atoms with Gasteiger partial charge in [-0.2, -0.15) is 0 Å². The predicted molar refractivity (Wildman–Crippen MR) is 77.0 cm³/mol. The van der Waals surface area contributed by atoms with Crippen molar-refractivity contribution < 1.29 is 9.53 Å². The molecular formula is C13H16Br2O2. The van der Waals surface area contributed by atoms with Crippen molar-refractivity contribution in [2.45, 2.75) is 31.0 Å². The molecule has 0 aliphatic rings. The van der Waals surface area contributed by atoms with Gasteiger partial charge in [-0.25, -0.2) is 0 Å². The minimum Gasteiger partial charge on any atom is -0.496 e. The Morgan fingerprint density at radius 2 is 2.18 bits per heavy atom. The lowest BCUT2D eigenvalue weighted by molar-refractivity contribution is -0.118. The maximum absolute atomic E-state index is 11.7. The standard InChI is InChI=1S/C13H16Br2O2/c1-3-4-12(16)10(14)7-9-5-6-13(17-2)11(15)8-9/h5-6,8,10H,3-4,7H2,1-2H3. The van der Waals surface area contributed by atoms with E-state index in [4.69, 9.17) is 4.74 Å². The molecule has 0 amide bonds. The van der Waals surface area contributed by atoms with Crippen molar-refractivity contribution in [2.24, 2.45) is 0 Å². The predicted octanol–water partition coefficient (Wildman–Crippen LogP) is 4.13. The molecule has 1 unspecified atom stereocenters. The van der Waals surface area contributed by atoms with Gasteiger partial charge in [0.15, 0.2) is 0 Å². The number of alkyl halides is 1. The van der Waals surface area contributed by atoms with Gasteiger partial charge in [0.1, 0.15) is 11.5 Å². The Balaban J connectivity index is 2.68. The molecule has 0 aliphatic heterocycles. The monoisotopic (exact) mass is 362 g/mol. The average molecular weight is 364 g/mol. The van der Waals surface area contributed by atoms with E-state index in [1.54, 1.807) is 7.11 Å². The minimum atomic E-state index is -0.0947. The number of halogens is 2. The summed E-state index contributed by atoms with van der Waals surface area (Å²) in [6.45, 7) is 2.02. The van der Waals surface area contributed by atoms with Crippen LogP contribution in [0.5, 0.6) is 5.75 Å². The first-order chi connectivity index (χ1) is 8.08. The number of benzene rings is 1. The van der Waals surface area contributed by atoms with Crippen molar-refractivity contribution in [3.8, 4) is 5.75 Å². The van der Waals surface area contributed by atoms with Crippen molar-refractivity contribution in [1.82, 2.24) is 0 Å². The molecule has 0 N–H and O–H groups in total. The topological polar surface area (TPSA) is 26.3 Å². The summed E-state index contributed by atoms with van der Waals surface area (Å²) in [6, 6.07) is 5.88. The Kier molecular flexibility index (Phi) is 6.20. The molecule has 0 aliphatic carbocycles. The van der Waals surface area contributed by atoms with E-state index < -0.39 is 0 Å². The van der Waals surface area contributed by atoms with Crippen LogP contribution in [0.25, 0.3) is 0 Å². The van der Waals surface area contributed by atoms with Gasteiger partial charge in [-0.15, -0.1) is 0 Å². The van der Waals surface area contributed by atoms with Gasteiger partial charge in [0.2, 0.25) is 0 Å². The summed E-state index contributed by atoms with van der Waals surface area (Å²) in [5.41, 5.74) is 1.11. The van der Waals surface area contributed by atoms with Crippen LogP contribution in [-0.4, -0.2) is 17.7 Å². The molecule has 17 heavy (non-hydrogen) atoms. The molecule has 0 radical (unpaired) electrons. The van der Waals surface area contributed by atoms with Gasteiger partial charge in [0.25, 0.3) is 0 Å². The van der Waals surface area contributed by atoms with Crippen molar-refractivity contribution in [1.29, 1.82) is 0 Å². The number of hydrogen-bond acceptors (Lipinski definition) is 2. The molecule has 0 spiro atoms. The maximum Gasteiger partial charge on any atom is 0.146 e. The van der Waals surface area contributed by atoms with Gasteiger partial charge >= 0.3 is 0 Å². The third kappa shape index (κ3) is 4.43. The van der Waals surface area contributed by atoms with Crippen LogP contribution in [0.15, 0.2) is 22.7 Å². The normalized spacial score (nSPS) is 12.2. The first kappa shape index (κ1) is 14.7. The highest BCUT2D eigenvalue weighted by Crippen LogP contribution is 2.26. The highest BCUT2D eigenvalue weighted by molar-refractivity contribution is 9.10. The lowest BCUT2D eigenvalue weighted by Gasteiger charge is -2.10. The maximum atomic E-state index is 11.7. The third-order valence-electron chi connectivity index (χ3n) is 2.48. The lowest BCUT2D eigenvalue weighted by Crippen LogP contribution is -2.16. The fourth-order valence-corrected chi connectivity index (χ4v) is 2.75. The molecule has 0 bridgehead atoms. The van der Waals surface area contributed by atoms with Crippen LogP contribution in [0.4, 0.5) is 0 Å². The number of hydrogen-bond donors (Lipinski definition) is 0. The van der Waals surface area contributed by atoms with Gasteiger partial charge in [-0.3, -0.25) is 4.79 Å². The second-order valence-electron chi connectivity index (χ2n) is 3.86. The van der Waals surface area contributed by atoms with Gasteiger partial charge in [-0.05, 0) is 46.5 Å². The molecule has 0 heterocycles. The minimum absolute atomic E-state index is 0.0947. The molecule has 1 atom stereocenters. The van der Waals surface area contributed by atoms with E-state index in [0.29, 0.717) is 12.8 Å². The summed E-state index contributed by atoms with van der Waals surface area (Å²) in [5.74, 6) is 1.07. The van der Waals surface area contributed by atoms with Gasteiger partial charge in [-0.1, -0.05) is 28.9 Å². The van der Waals surface area contributed by atoms with E-state index in [-0.39, 0.29) is 10.6 Å². The van der Waals surface area contributed by atoms with Crippen molar-refractivity contribution in [3.63, 3.8) is 0 Å². The van der Waals surface area contributed by atoms with Crippen molar-refractivity contribution in [3.05, 3.63) is 28.2 Å². The van der Waals surface area contributed by atoms with Crippen LogP contribution in [0.2, 0.25) is 0 Å². The van der Waals surface area contributed by atoms with Crippen LogP contribution in [0.3, 0.4) is 0 Å². The fraction of sp³-hybridized carbons (Fsp3) is 0.462. The highest BCUT2D eigenvalue weighted by atomic mass is 79.9. The second kappa shape index (κ2) is 7.17. The summed E-state index contributed by atoms with van der Waals surface area (Å²) in [5, 5.41) is 0. The van der Waals surface area contributed by atoms with Crippen molar-refractivity contribution in [2.75, 3.05) is 7.11 Å². The summed E-state index contributed by atoms with van der Waals surface area (Å²) in [4.78, 5) is 11.6. The molecule has 94 valence electrons. The Labute approximate surface area is 119 Å². The Hall–Kier alpha value is -0.350. The lowest BCUT2D eigenvalue weighted by atomic mass is 10.1. The molecule has 0 aromatic heterocycles. The third-order valence-corrected chi connectivity index (χ3v) is 3.93. The molecular weight excluding hydrogens is 348 g/mol. The zero-order chi connectivity index (χ0) is 12.8. The van der Waals surface area contributed by atoms with Gasteiger partial charge in [0.05, 0.1) is 16.4 Å². The molecule has 1 rings (SSSR count). The number of Topliss-reactive ketones (excluding diaryl/α,β-unsaturated/α-hetero) is 1. The number of ketones is 1. The van der Waals surface area contributed by atoms with Crippen LogP contribution >= 0.6 is 31.9 Å². The van der Waals surface area contributed by atoms with E-state index >= 15 is 0 Å². The Morgan fingerprint density at radius 3 is 2.71 bits per heavy atom. The molecule has 0 fully saturated rings. The smallest absolute Gasteiger partial charge is 0.146 e. The first-order valence-electron chi connectivity index (χ1n) is 5.57. The number of methoxy groups -OCH3 is 1. The van der Waals surface area contributed by atoms with Crippen molar-refractivity contribution >= 4 is 37.6 Å². The van der Waals surface area contributed by atoms with E-state index in [1.807, 2.05) is 25.1 Å². The fourth-order valence-electron chi connectivity index (χ4n) is 1.56. The average Bonchev–Trinajstić information content (AvgIpc) is 2.29. The van der Waals surface area contributed by atoms with Gasteiger partial charge < -0.3 is 4.74 Å². The molecule has 4 heteroatoms. The molecule has 0 saturated heterocycles. The number of rotatable bonds is 6. The summed E-state index contributed by atoms with van der Waals surface area (Å²) in [7, 11) is 1.64. The number of carbonyl (C=O) groups is 1. The van der Waals surface area contributed by atoms with E-state index in [0.717, 1.165) is 22.2 Å². The van der Waals surface area contributed by atoms with E-state index in [2.05, 4.69) is 31.9 Å². The second-order valence-corrected chi connectivity index (χ2v) is 5.82. The summed E-state index contributed by atoms with van der Waals surface area (Å²) < 4.78 is 6.08. The molecule has 2 nitrogen and oxygen atoms in total. The summed E-state index contributed by atoms with van der Waals surface area (Å²) in [6.07, 6.45) is 2.24. The molecule has 0 saturated carbocycles. The van der Waals surface area contributed by atoms with E-state index in [1.165, 1.54) is 0 Å². The zero-order valence-electron chi connectivity index (χ0n) is 10.0. The van der Waals surface area contributed by atoms with Crippen LogP contribution in [0, 0.1) is 0 Å². The molecule has 1 aromatic carbocycles. The number of carbonyl (C=O) groups excluding carboxylic acids is 1. The first-order valence-corrected chi connectivity index (χ1v) is 7.28.